The number of ketones is 2. The average Bonchev–Trinajstić information content (AvgIpc) is 3.13. The maximum atomic E-state index is 13.9. The molecule has 2 fully saturated rings. The van der Waals surface area contributed by atoms with E-state index in [0.717, 1.165) is 63.0 Å². The highest BCUT2D eigenvalue weighted by atomic mass is 19.1. The number of hydrogen-bond acceptors (Lipinski definition) is 3. The highest BCUT2D eigenvalue weighted by Gasteiger charge is 2.58. The summed E-state index contributed by atoms with van der Waals surface area (Å²) in [5, 5.41) is 10.5. The molecule has 0 amide bonds. The molecule has 0 aliphatic heterocycles. The normalized spacial score (nSPS) is 28.1. The van der Waals surface area contributed by atoms with Crippen molar-refractivity contribution in [3.63, 3.8) is 0 Å². The molecule has 5 atom stereocenters. The summed E-state index contributed by atoms with van der Waals surface area (Å²) >= 11 is 0. The molecule has 1 N–H and O–H groups in total. The second-order valence-electron chi connectivity index (χ2n) is 12.3. The van der Waals surface area contributed by atoms with Crippen molar-refractivity contribution in [2.75, 3.05) is 0 Å². The molecular formula is C33H40F2O3. The molecule has 0 heterocycles. The third kappa shape index (κ3) is 5.05. The van der Waals surface area contributed by atoms with Crippen molar-refractivity contribution < 1.29 is 23.5 Å². The lowest BCUT2D eigenvalue weighted by Crippen LogP contribution is -2.44. The molecule has 0 spiro atoms. The van der Waals surface area contributed by atoms with Crippen LogP contribution in [0, 0.1) is 34.8 Å². The number of rotatable bonds is 9. The van der Waals surface area contributed by atoms with Gasteiger partial charge in [-0.25, -0.2) is 8.78 Å². The number of fused-ring (bicyclic) bond motifs is 5. The van der Waals surface area contributed by atoms with Gasteiger partial charge < -0.3 is 5.11 Å². The van der Waals surface area contributed by atoms with Gasteiger partial charge in [-0.2, -0.15) is 0 Å². The summed E-state index contributed by atoms with van der Waals surface area (Å²) in [4.78, 5) is 25.9. The Hall–Kier alpha value is -2.56. The molecule has 204 valence electrons. The van der Waals surface area contributed by atoms with Crippen LogP contribution in [0.2, 0.25) is 0 Å². The van der Waals surface area contributed by atoms with Crippen LogP contribution in [0.5, 0.6) is 5.75 Å². The van der Waals surface area contributed by atoms with Gasteiger partial charge in [0.15, 0.2) is 0 Å². The van der Waals surface area contributed by atoms with Gasteiger partial charge in [-0.05, 0) is 109 Å². The summed E-state index contributed by atoms with van der Waals surface area (Å²) in [5.41, 5.74) is 3.81. The summed E-state index contributed by atoms with van der Waals surface area (Å²) in [6.45, 7) is 4.32. The first-order valence-electron chi connectivity index (χ1n) is 14.5. The minimum absolute atomic E-state index is 0.0946. The number of Topliss-reactive ketones (excluding diaryl/α,β-unsaturated/α-hetero) is 2. The lowest BCUT2D eigenvalue weighted by atomic mass is 9.54. The number of benzene rings is 2. The Morgan fingerprint density at radius 2 is 1.89 bits per heavy atom. The van der Waals surface area contributed by atoms with Crippen LogP contribution < -0.4 is 0 Å². The zero-order valence-electron chi connectivity index (χ0n) is 22.7. The van der Waals surface area contributed by atoms with Crippen molar-refractivity contribution in [2.45, 2.75) is 96.8 Å². The summed E-state index contributed by atoms with van der Waals surface area (Å²) in [5.74, 6) is 1.25. The second-order valence-corrected chi connectivity index (χ2v) is 12.3. The standard InChI is InChI=1S/C33H40F2O3/c1-3-5-22-16-28-21(17-30(22)37)10-13-27-26(28)14-15-33(2)31(38)18-23(32(27)33)6-4-7-25(36)12-9-20-8-11-24(34)19-29(20)35/h8,11,16-17,19,23,26-27,32,37H,3-7,9-10,12-15,18H2,1-2H3/t23-,26+,27-,32+,33-/m1/s1. The zero-order valence-corrected chi connectivity index (χ0v) is 22.7. The maximum absolute atomic E-state index is 13.9. The van der Waals surface area contributed by atoms with Crippen molar-refractivity contribution in [2.24, 2.45) is 23.2 Å². The summed E-state index contributed by atoms with van der Waals surface area (Å²) in [7, 11) is 0. The highest BCUT2D eigenvalue weighted by molar-refractivity contribution is 5.87. The van der Waals surface area contributed by atoms with Crippen LogP contribution in [0.4, 0.5) is 8.78 Å². The maximum Gasteiger partial charge on any atom is 0.139 e. The van der Waals surface area contributed by atoms with Gasteiger partial charge in [0.05, 0.1) is 0 Å². The van der Waals surface area contributed by atoms with E-state index in [1.165, 1.54) is 23.3 Å². The second kappa shape index (κ2) is 10.9. The van der Waals surface area contributed by atoms with Crippen molar-refractivity contribution in [3.05, 3.63) is 64.2 Å². The van der Waals surface area contributed by atoms with Crippen LogP contribution in [-0.4, -0.2) is 16.7 Å². The van der Waals surface area contributed by atoms with E-state index in [9.17, 15) is 23.5 Å². The first-order chi connectivity index (χ1) is 18.2. The van der Waals surface area contributed by atoms with Gasteiger partial charge in [-0.1, -0.05) is 32.4 Å². The van der Waals surface area contributed by atoms with Gasteiger partial charge >= 0.3 is 0 Å². The molecule has 2 saturated carbocycles. The Labute approximate surface area is 225 Å². The predicted octanol–water partition coefficient (Wildman–Crippen LogP) is 7.65. The van der Waals surface area contributed by atoms with Gasteiger partial charge in [0.1, 0.15) is 29.0 Å². The smallest absolute Gasteiger partial charge is 0.139 e. The number of carbonyl (C=O) groups is 2. The number of carbonyl (C=O) groups excluding carboxylic acids is 2. The van der Waals surface area contributed by atoms with Crippen LogP contribution in [0.15, 0.2) is 30.3 Å². The topological polar surface area (TPSA) is 54.4 Å². The fourth-order valence-electron chi connectivity index (χ4n) is 8.13. The SMILES string of the molecule is CCCc1cc2c(cc1O)CC[C@H]1[C@@H]3[C@H](CCCC(=O)CCc4ccc(F)cc4F)CC(=O)[C@@]3(C)CC[C@H]21. The first kappa shape index (κ1) is 27.0. The van der Waals surface area contributed by atoms with Crippen LogP contribution in [0.25, 0.3) is 0 Å². The van der Waals surface area contributed by atoms with E-state index in [0.29, 0.717) is 53.6 Å². The van der Waals surface area contributed by atoms with Gasteiger partial charge in [0.25, 0.3) is 0 Å². The molecule has 5 rings (SSSR count). The van der Waals surface area contributed by atoms with E-state index in [4.69, 9.17) is 0 Å². The van der Waals surface area contributed by atoms with E-state index in [-0.39, 0.29) is 24.0 Å². The number of halogens is 2. The molecule has 0 radical (unpaired) electrons. The highest BCUT2D eigenvalue weighted by Crippen LogP contribution is 2.62. The Balaban J connectivity index is 1.24. The molecular weight excluding hydrogens is 482 g/mol. The Morgan fingerprint density at radius 1 is 1.08 bits per heavy atom. The molecule has 5 heteroatoms. The van der Waals surface area contributed by atoms with Crippen molar-refractivity contribution in [3.8, 4) is 5.75 Å². The van der Waals surface area contributed by atoms with Crippen molar-refractivity contribution in [1.82, 2.24) is 0 Å². The van der Waals surface area contributed by atoms with Crippen LogP contribution in [0.3, 0.4) is 0 Å². The molecule has 2 aromatic rings. The summed E-state index contributed by atoms with van der Waals surface area (Å²) in [6.07, 6.45) is 9.02. The van der Waals surface area contributed by atoms with Crippen molar-refractivity contribution in [1.29, 1.82) is 0 Å². The third-order valence-electron chi connectivity index (χ3n) is 10.0. The van der Waals surface area contributed by atoms with Crippen LogP contribution >= 0.6 is 0 Å². The molecule has 3 aliphatic carbocycles. The third-order valence-corrected chi connectivity index (χ3v) is 10.0. The Bertz CT molecular complexity index is 1220. The summed E-state index contributed by atoms with van der Waals surface area (Å²) < 4.78 is 27.0. The largest absolute Gasteiger partial charge is 0.508 e. The number of hydrogen-bond donors (Lipinski definition) is 1. The molecule has 0 unspecified atom stereocenters. The molecule has 2 aromatic carbocycles. The number of aromatic hydroxyl groups is 1. The van der Waals surface area contributed by atoms with Gasteiger partial charge in [-0.15, -0.1) is 0 Å². The Morgan fingerprint density at radius 3 is 2.66 bits per heavy atom. The summed E-state index contributed by atoms with van der Waals surface area (Å²) in [6, 6.07) is 7.75. The molecule has 3 nitrogen and oxygen atoms in total. The zero-order chi connectivity index (χ0) is 27.0. The first-order valence-corrected chi connectivity index (χ1v) is 14.5. The van der Waals surface area contributed by atoms with Crippen LogP contribution in [0.1, 0.15) is 99.8 Å². The minimum atomic E-state index is -0.610. The van der Waals surface area contributed by atoms with E-state index in [1.54, 1.807) is 0 Å². The number of phenolic OH excluding ortho intramolecular Hbond substituents is 1. The van der Waals surface area contributed by atoms with Gasteiger partial charge in [0, 0.05) is 30.7 Å². The molecule has 38 heavy (non-hydrogen) atoms. The van der Waals surface area contributed by atoms with Gasteiger partial charge in [0.2, 0.25) is 0 Å². The lowest BCUT2D eigenvalue weighted by Gasteiger charge is -2.50. The van der Waals surface area contributed by atoms with E-state index in [1.807, 2.05) is 6.07 Å². The minimum Gasteiger partial charge on any atom is -0.508 e. The number of phenols is 1. The molecule has 0 aromatic heterocycles. The molecule has 3 aliphatic rings. The molecule has 0 bridgehead atoms. The Kier molecular flexibility index (Phi) is 7.75. The van der Waals surface area contributed by atoms with Gasteiger partial charge in [-0.3, -0.25) is 9.59 Å². The predicted molar refractivity (Wildman–Crippen MR) is 144 cm³/mol. The quantitative estimate of drug-likeness (QED) is 0.368. The van der Waals surface area contributed by atoms with E-state index < -0.39 is 11.6 Å². The average molecular weight is 523 g/mol. The lowest BCUT2D eigenvalue weighted by molar-refractivity contribution is -0.129. The van der Waals surface area contributed by atoms with E-state index in [2.05, 4.69) is 19.9 Å². The fourth-order valence-corrected chi connectivity index (χ4v) is 8.13. The fraction of sp³-hybridized carbons (Fsp3) is 0.576. The van der Waals surface area contributed by atoms with E-state index >= 15 is 0 Å². The number of aryl methyl sites for hydroxylation is 3. The molecule has 0 saturated heterocycles. The monoisotopic (exact) mass is 522 g/mol. The van der Waals surface area contributed by atoms with Crippen LogP contribution in [-0.2, 0) is 28.9 Å². The van der Waals surface area contributed by atoms with Crippen molar-refractivity contribution >= 4 is 11.6 Å².